The average molecular weight is 273 g/mol. The molecule has 0 saturated carbocycles. The molecule has 1 aromatic heterocycles. The summed E-state index contributed by atoms with van der Waals surface area (Å²) in [4.78, 5) is 17.9. The number of carbonyl (C=O) groups is 1. The van der Waals surface area contributed by atoms with Crippen molar-refractivity contribution in [3.8, 4) is 0 Å². The highest BCUT2D eigenvalue weighted by atomic mass is 32.2. The van der Waals surface area contributed by atoms with E-state index in [4.69, 9.17) is 4.74 Å². The Bertz CT molecular complexity index is 538. The van der Waals surface area contributed by atoms with Crippen LogP contribution in [0.5, 0.6) is 0 Å². The number of ether oxygens (including phenoxy) is 1. The summed E-state index contributed by atoms with van der Waals surface area (Å²) >= 11 is 1.63. The number of nitrogens with zero attached hydrogens (tertiary/aromatic N) is 1. The van der Waals surface area contributed by atoms with Gasteiger partial charge in [0.05, 0.1) is 11.7 Å². The lowest BCUT2D eigenvalue weighted by atomic mass is 10.2. The molecular formula is C15H15NO2S. The number of aromatic nitrogens is 1. The molecule has 2 rings (SSSR count). The molecule has 0 aliphatic rings. The van der Waals surface area contributed by atoms with E-state index in [1.165, 1.54) is 0 Å². The van der Waals surface area contributed by atoms with Gasteiger partial charge < -0.3 is 4.74 Å². The molecular weight excluding hydrogens is 258 g/mol. The lowest BCUT2D eigenvalue weighted by molar-refractivity contribution is 0.0378. The summed E-state index contributed by atoms with van der Waals surface area (Å²) in [6.07, 6.45) is 3.42. The van der Waals surface area contributed by atoms with Gasteiger partial charge in [-0.15, -0.1) is 0 Å². The van der Waals surface area contributed by atoms with Crippen LogP contribution in [-0.2, 0) is 4.74 Å². The molecule has 0 radical (unpaired) electrons. The highest BCUT2D eigenvalue weighted by Gasteiger charge is 2.08. The van der Waals surface area contributed by atoms with Crippen molar-refractivity contribution < 1.29 is 9.53 Å². The molecule has 0 atom stereocenters. The van der Waals surface area contributed by atoms with Crippen LogP contribution in [0.2, 0.25) is 0 Å². The third-order valence-electron chi connectivity index (χ3n) is 2.32. The minimum Gasteiger partial charge on any atom is -0.459 e. The lowest BCUT2D eigenvalue weighted by Gasteiger charge is -2.08. The molecule has 1 heterocycles. The molecule has 4 heteroatoms. The fourth-order valence-corrected chi connectivity index (χ4v) is 2.29. The Morgan fingerprint density at radius 2 is 1.63 bits per heavy atom. The molecule has 1 aromatic carbocycles. The zero-order valence-corrected chi connectivity index (χ0v) is 11.7. The monoisotopic (exact) mass is 273 g/mol. The van der Waals surface area contributed by atoms with Crippen molar-refractivity contribution in [2.75, 3.05) is 0 Å². The molecule has 0 amide bonds. The van der Waals surface area contributed by atoms with E-state index >= 15 is 0 Å². The Labute approximate surface area is 117 Å². The highest BCUT2D eigenvalue weighted by Crippen LogP contribution is 2.27. The largest absolute Gasteiger partial charge is 0.459 e. The van der Waals surface area contributed by atoms with Crippen LogP contribution >= 0.6 is 11.8 Å². The van der Waals surface area contributed by atoms with Crippen molar-refractivity contribution in [1.82, 2.24) is 4.98 Å². The zero-order valence-electron chi connectivity index (χ0n) is 10.9. The SMILES string of the molecule is CC(C)OC(=O)c1ccc(Sc2ccncc2)cc1. The van der Waals surface area contributed by atoms with Crippen molar-refractivity contribution in [2.24, 2.45) is 0 Å². The van der Waals surface area contributed by atoms with Gasteiger partial charge in [0, 0.05) is 22.2 Å². The molecule has 0 bridgehead atoms. The molecule has 2 aromatic rings. The number of esters is 1. The minimum absolute atomic E-state index is 0.0987. The van der Waals surface area contributed by atoms with E-state index in [0.717, 1.165) is 9.79 Å². The van der Waals surface area contributed by atoms with Gasteiger partial charge >= 0.3 is 5.97 Å². The molecule has 0 saturated heterocycles. The predicted molar refractivity (Wildman–Crippen MR) is 75.4 cm³/mol. The van der Waals surface area contributed by atoms with Crippen LogP contribution in [0.25, 0.3) is 0 Å². The molecule has 0 spiro atoms. The quantitative estimate of drug-likeness (QED) is 0.794. The van der Waals surface area contributed by atoms with E-state index in [0.29, 0.717) is 5.56 Å². The molecule has 0 unspecified atom stereocenters. The molecule has 0 fully saturated rings. The Morgan fingerprint density at radius 1 is 1.05 bits per heavy atom. The van der Waals surface area contributed by atoms with Crippen LogP contribution in [0.15, 0.2) is 58.6 Å². The topological polar surface area (TPSA) is 39.2 Å². The summed E-state index contributed by atoms with van der Waals surface area (Å²) in [6, 6.07) is 11.3. The zero-order chi connectivity index (χ0) is 13.7. The summed E-state index contributed by atoms with van der Waals surface area (Å²) in [5.74, 6) is -0.282. The second-order valence-electron chi connectivity index (χ2n) is 4.26. The van der Waals surface area contributed by atoms with Gasteiger partial charge in [-0.2, -0.15) is 0 Å². The van der Waals surface area contributed by atoms with Crippen LogP contribution in [-0.4, -0.2) is 17.1 Å². The van der Waals surface area contributed by atoms with Gasteiger partial charge in [-0.3, -0.25) is 4.98 Å². The van der Waals surface area contributed by atoms with Gasteiger partial charge in [-0.1, -0.05) is 11.8 Å². The van der Waals surface area contributed by atoms with Crippen molar-refractivity contribution in [3.63, 3.8) is 0 Å². The summed E-state index contributed by atoms with van der Waals surface area (Å²) in [6.45, 7) is 3.68. The maximum absolute atomic E-state index is 11.7. The van der Waals surface area contributed by atoms with Crippen LogP contribution in [0.3, 0.4) is 0 Å². The maximum Gasteiger partial charge on any atom is 0.338 e. The van der Waals surface area contributed by atoms with Gasteiger partial charge in [-0.25, -0.2) is 4.79 Å². The second kappa shape index (κ2) is 6.38. The summed E-state index contributed by atoms with van der Waals surface area (Å²) < 4.78 is 5.14. The van der Waals surface area contributed by atoms with E-state index in [-0.39, 0.29) is 12.1 Å². The van der Waals surface area contributed by atoms with Crippen molar-refractivity contribution >= 4 is 17.7 Å². The Morgan fingerprint density at radius 3 is 2.21 bits per heavy atom. The first-order valence-corrected chi connectivity index (χ1v) is 6.86. The molecule has 3 nitrogen and oxygen atoms in total. The number of benzene rings is 1. The maximum atomic E-state index is 11.7. The van der Waals surface area contributed by atoms with Gasteiger partial charge in [0.15, 0.2) is 0 Å². The second-order valence-corrected chi connectivity index (χ2v) is 5.41. The van der Waals surface area contributed by atoms with Gasteiger partial charge in [0.2, 0.25) is 0 Å². The number of carbonyl (C=O) groups excluding carboxylic acids is 1. The van der Waals surface area contributed by atoms with Crippen LogP contribution in [0.1, 0.15) is 24.2 Å². The first-order valence-electron chi connectivity index (χ1n) is 6.04. The number of pyridine rings is 1. The Balaban J connectivity index is 2.04. The molecule has 0 aliphatic carbocycles. The van der Waals surface area contributed by atoms with Gasteiger partial charge in [-0.05, 0) is 50.2 Å². The van der Waals surface area contributed by atoms with Crippen LogP contribution in [0, 0.1) is 0 Å². The van der Waals surface area contributed by atoms with Crippen molar-refractivity contribution in [1.29, 1.82) is 0 Å². The van der Waals surface area contributed by atoms with Gasteiger partial charge in [0.25, 0.3) is 0 Å². The summed E-state index contributed by atoms with van der Waals surface area (Å²) in [5.41, 5.74) is 0.577. The normalized spacial score (nSPS) is 10.5. The molecule has 98 valence electrons. The van der Waals surface area contributed by atoms with Crippen LogP contribution < -0.4 is 0 Å². The number of rotatable bonds is 4. The molecule has 0 N–H and O–H groups in total. The summed E-state index contributed by atoms with van der Waals surface area (Å²) in [7, 11) is 0. The molecule has 19 heavy (non-hydrogen) atoms. The highest BCUT2D eigenvalue weighted by molar-refractivity contribution is 7.99. The third-order valence-corrected chi connectivity index (χ3v) is 3.33. The van der Waals surface area contributed by atoms with E-state index in [1.807, 2.05) is 38.1 Å². The predicted octanol–water partition coefficient (Wildman–Crippen LogP) is 3.80. The fraction of sp³-hybridized carbons (Fsp3) is 0.200. The van der Waals surface area contributed by atoms with E-state index in [2.05, 4.69) is 4.98 Å². The van der Waals surface area contributed by atoms with Crippen molar-refractivity contribution in [2.45, 2.75) is 29.7 Å². The van der Waals surface area contributed by atoms with Crippen molar-refractivity contribution in [3.05, 3.63) is 54.4 Å². The average Bonchev–Trinajstić information content (AvgIpc) is 2.40. The van der Waals surface area contributed by atoms with E-state index in [1.54, 1.807) is 36.3 Å². The van der Waals surface area contributed by atoms with E-state index < -0.39 is 0 Å². The first-order chi connectivity index (χ1) is 9.15. The number of hydrogen-bond acceptors (Lipinski definition) is 4. The lowest BCUT2D eigenvalue weighted by Crippen LogP contribution is -2.11. The third kappa shape index (κ3) is 4.10. The standard InChI is InChI=1S/C15H15NO2S/c1-11(2)18-15(17)12-3-5-13(6-4-12)19-14-7-9-16-10-8-14/h3-11H,1-2H3. The number of hydrogen-bond donors (Lipinski definition) is 0. The van der Waals surface area contributed by atoms with Gasteiger partial charge in [0.1, 0.15) is 0 Å². The summed E-state index contributed by atoms with van der Waals surface area (Å²) in [5, 5.41) is 0. The minimum atomic E-state index is -0.282. The first kappa shape index (κ1) is 13.6. The van der Waals surface area contributed by atoms with E-state index in [9.17, 15) is 4.79 Å². The Hall–Kier alpha value is -1.81. The fourth-order valence-electron chi connectivity index (χ4n) is 1.48. The smallest absolute Gasteiger partial charge is 0.338 e. The Kier molecular flexibility index (Phi) is 4.58. The van der Waals surface area contributed by atoms with Crippen LogP contribution in [0.4, 0.5) is 0 Å². The molecule has 0 aliphatic heterocycles.